The second kappa shape index (κ2) is 8.67. The smallest absolute Gasteiger partial charge is 0.387 e. The third-order valence-electron chi connectivity index (χ3n) is 3.91. The molecule has 7 heteroatoms. The van der Waals surface area contributed by atoms with Crippen LogP contribution in [0.4, 0.5) is 13.6 Å². The van der Waals surface area contributed by atoms with Gasteiger partial charge in [-0.15, -0.1) is 0 Å². The summed E-state index contributed by atoms with van der Waals surface area (Å²) in [4.78, 5) is 11.8. The number of urea groups is 1. The number of benzene rings is 1. The number of halogens is 2. The molecule has 0 aliphatic heterocycles. The fourth-order valence-electron chi connectivity index (χ4n) is 2.73. The van der Waals surface area contributed by atoms with Crippen LogP contribution in [0, 0.1) is 0 Å². The largest absolute Gasteiger partial charge is 0.435 e. The van der Waals surface area contributed by atoms with E-state index in [1.165, 1.54) is 6.07 Å². The van der Waals surface area contributed by atoms with Crippen molar-refractivity contribution in [2.45, 2.75) is 50.9 Å². The molecule has 0 aromatic heterocycles. The lowest BCUT2D eigenvalue weighted by atomic mass is 9.93. The van der Waals surface area contributed by atoms with Crippen LogP contribution in [0.25, 0.3) is 0 Å². The van der Waals surface area contributed by atoms with Crippen LogP contribution >= 0.6 is 0 Å². The van der Waals surface area contributed by atoms with Gasteiger partial charge in [0.1, 0.15) is 5.75 Å². The molecular weight excluding hydrogens is 306 g/mol. The van der Waals surface area contributed by atoms with E-state index in [0.717, 1.165) is 19.3 Å². The average Bonchev–Trinajstić information content (AvgIpc) is 2.51. The molecule has 128 valence electrons. The van der Waals surface area contributed by atoms with Crippen LogP contribution in [0.1, 0.15) is 31.2 Å². The van der Waals surface area contributed by atoms with Gasteiger partial charge < -0.3 is 20.5 Å². The van der Waals surface area contributed by atoms with E-state index in [1.807, 2.05) is 0 Å². The zero-order valence-electron chi connectivity index (χ0n) is 12.8. The number of para-hydroxylation sites is 1. The minimum atomic E-state index is -2.87. The summed E-state index contributed by atoms with van der Waals surface area (Å²) in [6, 6.07) is 5.92. The van der Waals surface area contributed by atoms with Crippen molar-refractivity contribution in [1.29, 1.82) is 0 Å². The Morgan fingerprint density at radius 3 is 2.78 bits per heavy atom. The number of aliphatic hydroxyl groups is 1. The second-order valence-electron chi connectivity index (χ2n) is 5.59. The maximum absolute atomic E-state index is 12.3. The van der Waals surface area contributed by atoms with Gasteiger partial charge in [-0.05, 0) is 30.9 Å². The Morgan fingerprint density at radius 1 is 1.30 bits per heavy atom. The zero-order chi connectivity index (χ0) is 16.7. The van der Waals surface area contributed by atoms with Gasteiger partial charge in [0.25, 0.3) is 0 Å². The number of hydrogen-bond donors (Lipinski definition) is 3. The van der Waals surface area contributed by atoms with Gasteiger partial charge in [0, 0.05) is 6.54 Å². The molecule has 2 rings (SSSR count). The lowest BCUT2D eigenvalue weighted by Crippen LogP contribution is -2.49. The molecule has 2 amide bonds. The van der Waals surface area contributed by atoms with Crippen LogP contribution in [-0.2, 0) is 6.42 Å². The molecule has 2 unspecified atom stereocenters. The van der Waals surface area contributed by atoms with Crippen molar-refractivity contribution < 1.29 is 23.4 Å². The Kier molecular flexibility index (Phi) is 6.58. The molecule has 1 aliphatic carbocycles. The van der Waals surface area contributed by atoms with Crippen LogP contribution in [-0.4, -0.2) is 36.4 Å². The summed E-state index contributed by atoms with van der Waals surface area (Å²) < 4.78 is 29.1. The van der Waals surface area contributed by atoms with Crippen LogP contribution in [0.2, 0.25) is 0 Å². The highest BCUT2D eigenvalue weighted by Crippen LogP contribution is 2.20. The van der Waals surface area contributed by atoms with Crippen molar-refractivity contribution in [3.05, 3.63) is 29.8 Å². The summed E-state index contributed by atoms with van der Waals surface area (Å²) in [5.74, 6) is 0.118. The second-order valence-corrected chi connectivity index (χ2v) is 5.59. The van der Waals surface area contributed by atoms with Gasteiger partial charge in [0.2, 0.25) is 0 Å². The highest BCUT2D eigenvalue weighted by molar-refractivity contribution is 5.74. The highest BCUT2D eigenvalue weighted by atomic mass is 19.3. The van der Waals surface area contributed by atoms with E-state index in [9.17, 15) is 18.7 Å². The number of amides is 2. The van der Waals surface area contributed by atoms with E-state index in [-0.39, 0.29) is 24.4 Å². The van der Waals surface area contributed by atoms with Crippen LogP contribution < -0.4 is 15.4 Å². The summed E-state index contributed by atoms with van der Waals surface area (Å²) in [6.45, 7) is -2.58. The van der Waals surface area contributed by atoms with Gasteiger partial charge in [-0.1, -0.05) is 31.0 Å². The minimum Gasteiger partial charge on any atom is -0.435 e. The number of aliphatic hydroxyl groups excluding tert-OH is 1. The first-order valence-corrected chi connectivity index (χ1v) is 7.81. The van der Waals surface area contributed by atoms with Crippen LogP contribution in [0.5, 0.6) is 5.75 Å². The predicted molar refractivity (Wildman–Crippen MR) is 81.6 cm³/mol. The first-order valence-electron chi connectivity index (χ1n) is 7.81. The van der Waals surface area contributed by atoms with E-state index < -0.39 is 12.7 Å². The van der Waals surface area contributed by atoms with E-state index in [4.69, 9.17) is 0 Å². The molecule has 2 atom stereocenters. The number of carbonyl (C=O) groups excluding carboxylic acids is 1. The molecular formula is C16H22F2N2O3. The summed E-state index contributed by atoms with van der Waals surface area (Å²) in [5, 5.41) is 15.2. The zero-order valence-corrected chi connectivity index (χ0v) is 12.8. The molecule has 1 aromatic carbocycles. The van der Waals surface area contributed by atoms with Crippen molar-refractivity contribution in [2.24, 2.45) is 0 Å². The first kappa shape index (κ1) is 17.5. The maximum atomic E-state index is 12.3. The minimum absolute atomic E-state index is 0.118. The average molecular weight is 328 g/mol. The molecule has 0 heterocycles. The number of carbonyl (C=O) groups is 1. The lowest BCUT2D eigenvalue weighted by Gasteiger charge is -2.28. The molecule has 0 radical (unpaired) electrons. The molecule has 5 nitrogen and oxygen atoms in total. The third kappa shape index (κ3) is 5.67. The molecule has 3 N–H and O–H groups in total. The summed E-state index contributed by atoms with van der Waals surface area (Å²) in [6.07, 6.45) is 3.30. The predicted octanol–water partition coefficient (Wildman–Crippen LogP) is 2.43. The van der Waals surface area contributed by atoms with Crippen molar-refractivity contribution in [1.82, 2.24) is 10.6 Å². The van der Waals surface area contributed by atoms with Crippen molar-refractivity contribution in [3.8, 4) is 5.75 Å². The quantitative estimate of drug-likeness (QED) is 0.751. The molecule has 0 bridgehead atoms. The highest BCUT2D eigenvalue weighted by Gasteiger charge is 2.24. The normalized spacial score (nSPS) is 21.0. The molecule has 0 spiro atoms. The fraction of sp³-hybridized carbons (Fsp3) is 0.562. The van der Waals surface area contributed by atoms with Gasteiger partial charge in [-0.2, -0.15) is 8.78 Å². The standard InChI is InChI=1S/C16H22F2N2O3/c17-15(18)23-14-8-4-1-5-11(14)9-10-19-16(22)20-12-6-2-3-7-13(12)21/h1,4-5,8,12-13,15,21H,2-3,6-7,9-10H2,(H2,19,20,22). The molecule has 1 aliphatic rings. The molecule has 1 fully saturated rings. The van der Waals surface area contributed by atoms with Gasteiger partial charge in [-0.25, -0.2) is 4.79 Å². The summed E-state index contributed by atoms with van der Waals surface area (Å²) >= 11 is 0. The van der Waals surface area contributed by atoms with Crippen molar-refractivity contribution in [3.63, 3.8) is 0 Å². The van der Waals surface area contributed by atoms with E-state index in [0.29, 0.717) is 18.4 Å². The maximum Gasteiger partial charge on any atom is 0.387 e. The van der Waals surface area contributed by atoms with Crippen molar-refractivity contribution >= 4 is 6.03 Å². The Labute approximate surface area is 134 Å². The molecule has 23 heavy (non-hydrogen) atoms. The van der Waals surface area contributed by atoms with Crippen molar-refractivity contribution in [2.75, 3.05) is 6.54 Å². The monoisotopic (exact) mass is 328 g/mol. The number of rotatable bonds is 6. The Bertz CT molecular complexity index is 514. The molecule has 1 aromatic rings. The van der Waals surface area contributed by atoms with Gasteiger partial charge >= 0.3 is 12.6 Å². The molecule has 1 saturated carbocycles. The fourth-order valence-corrected chi connectivity index (χ4v) is 2.73. The van der Waals surface area contributed by atoms with Crippen LogP contribution in [0.3, 0.4) is 0 Å². The van der Waals surface area contributed by atoms with Crippen LogP contribution in [0.15, 0.2) is 24.3 Å². The van der Waals surface area contributed by atoms with Gasteiger partial charge in [0.05, 0.1) is 12.1 Å². The SMILES string of the molecule is O=C(NCCc1ccccc1OC(F)F)NC1CCCCC1O. The summed E-state index contributed by atoms with van der Waals surface area (Å²) in [5.41, 5.74) is 0.603. The number of nitrogens with one attached hydrogen (secondary N) is 2. The Balaban J connectivity index is 1.77. The van der Waals surface area contributed by atoms with E-state index >= 15 is 0 Å². The lowest BCUT2D eigenvalue weighted by molar-refractivity contribution is -0.0504. The number of alkyl halides is 2. The first-order chi connectivity index (χ1) is 11.1. The summed E-state index contributed by atoms with van der Waals surface area (Å²) in [7, 11) is 0. The number of hydrogen-bond acceptors (Lipinski definition) is 3. The Hall–Kier alpha value is -1.89. The van der Waals surface area contributed by atoms with Gasteiger partial charge in [0.15, 0.2) is 0 Å². The Morgan fingerprint density at radius 2 is 2.04 bits per heavy atom. The van der Waals surface area contributed by atoms with E-state index in [2.05, 4.69) is 15.4 Å². The molecule has 0 saturated heterocycles. The third-order valence-corrected chi connectivity index (χ3v) is 3.91. The topological polar surface area (TPSA) is 70.6 Å². The van der Waals surface area contributed by atoms with Gasteiger partial charge in [-0.3, -0.25) is 0 Å². The number of ether oxygens (including phenoxy) is 1. The van der Waals surface area contributed by atoms with E-state index in [1.54, 1.807) is 18.2 Å².